The van der Waals surface area contributed by atoms with Crippen molar-refractivity contribution in [1.29, 1.82) is 0 Å². The van der Waals surface area contributed by atoms with E-state index in [9.17, 15) is 9.59 Å². The quantitative estimate of drug-likeness (QED) is 0.520. The van der Waals surface area contributed by atoms with Gasteiger partial charge in [0.25, 0.3) is 5.91 Å². The molecule has 6 heteroatoms. The molecule has 2 heterocycles. The van der Waals surface area contributed by atoms with Gasteiger partial charge in [0, 0.05) is 24.0 Å². The number of fused-ring (bicyclic) bond motifs is 1. The summed E-state index contributed by atoms with van der Waals surface area (Å²) >= 11 is 6.25. The Balaban J connectivity index is 1.57. The van der Waals surface area contributed by atoms with E-state index in [0.29, 0.717) is 42.5 Å². The summed E-state index contributed by atoms with van der Waals surface area (Å²) in [4.78, 5) is 26.3. The number of nitrogens with zero attached hydrogens (tertiary/aromatic N) is 1. The first kappa shape index (κ1) is 16.8. The SMILES string of the molecule is O=C(C(=O)N1CCOCC1)c1ccc(-c2cc(Cl)c3occc3c2)cc1. The number of furan rings is 1. The number of ether oxygens (including phenoxy) is 1. The number of amides is 1. The molecule has 26 heavy (non-hydrogen) atoms. The van der Waals surface area contributed by atoms with Crippen LogP contribution in [0, 0.1) is 0 Å². The Hall–Kier alpha value is -2.63. The van der Waals surface area contributed by atoms with Crippen LogP contribution in [0.15, 0.2) is 53.1 Å². The molecule has 0 bridgehead atoms. The lowest BCUT2D eigenvalue weighted by molar-refractivity contribution is -0.130. The lowest BCUT2D eigenvalue weighted by Gasteiger charge is -2.26. The molecule has 0 atom stereocenters. The van der Waals surface area contributed by atoms with Gasteiger partial charge in [-0.1, -0.05) is 35.9 Å². The van der Waals surface area contributed by atoms with E-state index < -0.39 is 11.7 Å². The number of carbonyl (C=O) groups excluding carboxylic acids is 2. The minimum absolute atomic E-state index is 0.376. The van der Waals surface area contributed by atoms with Crippen LogP contribution in [0.25, 0.3) is 22.1 Å². The molecular formula is C20H16ClNO4. The largest absolute Gasteiger partial charge is 0.463 e. The Morgan fingerprint density at radius 3 is 2.42 bits per heavy atom. The first-order chi connectivity index (χ1) is 12.6. The molecule has 0 saturated carbocycles. The molecule has 0 N–H and O–H groups in total. The second-order valence-corrected chi connectivity index (χ2v) is 6.52. The van der Waals surface area contributed by atoms with Crippen molar-refractivity contribution in [3.05, 3.63) is 59.3 Å². The maximum atomic E-state index is 12.4. The lowest BCUT2D eigenvalue weighted by atomic mass is 10.0. The number of ketones is 1. The van der Waals surface area contributed by atoms with Crippen LogP contribution >= 0.6 is 11.6 Å². The first-order valence-corrected chi connectivity index (χ1v) is 8.70. The summed E-state index contributed by atoms with van der Waals surface area (Å²) in [5.74, 6) is -0.981. The fourth-order valence-electron chi connectivity index (χ4n) is 3.05. The van der Waals surface area contributed by atoms with E-state index in [1.807, 2.05) is 30.3 Å². The molecule has 0 spiro atoms. The molecule has 1 aromatic heterocycles. The summed E-state index contributed by atoms with van der Waals surface area (Å²) in [6, 6.07) is 12.6. The van der Waals surface area contributed by atoms with Crippen LogP contribution in [0.3, 0.4) is 0 Å². The highest BCUT2D eigenvalue weighted by molar-refractivity contribution is 6.42. The van der Waals surface area contributed by atoms with Crippen molar-refractivity contribution in [2.75, 3.05) is 26.3 Å². The molecule has 1 aliphatic rings. The number of carbonyl (C=O) groups is 2. The molecule has 4 rings (SSSR count). The monoisotopic (exact) mass is 369 g/mol. The van der Waals surface area contributed by atoms with Crippen molar-refractivity contribution in [2.45, 2.75) is 0 Å². The number of benzene rings is 2. The topological polar surface area (TPSA) is 59.8 Å². The Labute approximate surface area is 155 Å². The predicted octanol–water partition coefficient (Wildman–Crippen LogP) is 3.79. The van der Waals surface area contributed by atoms with Crippen molar-refractivity contribution in [3.8, 4) is 11.1 Å². The number of hydrogen-bond donors (Lipinski definition) is 0. The summed E-state index contributed by atoms with van der Waals surface area (Å²) in [6.45, 7) is 1.84. The third-order valence-electron chi connectivity index (χ3n) is 4.48. The first-order valence-electron chi connectivity index (χ1n) is 8.32. The van der Waals surface area contributed by atoms with Gasteiger partial charge in [0.05, 0.1) is 24.5 Å². The van der Waals surface area contributed by atoms with Gasteiger partial charge < -0.3 is 14.1 Å². The van der Waals surface area contributed by atoms with Gasteiger partial charge in [0.1, 0.15) is 0 Å². The predicted molar refractivity (Wildman–Crippen MR) is 98.4 cm³/mol. The van der Waals surface area contributed by atoms with Crippen LogP contribution < -0.4 is 0 Å². The second kappa shape index (κ2) is 6.94. The van der Waals surface area contributed by atoms with E-state index in [1.165, 1.54) is 4.90 Å². The molecule has 0 aliphatic carbocycles. The Bertz CT molecular complexity index is 971. The van der Waals surface area contributed by atoms with Gasteiger partial charge in [-0.25, -0.2) is 0 Å². The molecule has 3 aromatic rings. The van der Waals surface area contributed by atoms with E-state index in [4.69, 9.17) is 20.8 Å². The zero-order chi connectivity index (χ0) is 18.1. The minimum Gasteiger partial charge on any atom is -0.463 e. The molecule has 2 aromatic carbocycles. The number of Topliss-reactive ketones (excluding diaryl/α,β-unsaturated/α-hetero) is 1. The van der Waals surface area contributed by atoms with Gasteiger partial charge in [-0.15, -0.1) is 0 Å². The standard InChI is InChI=1S/C20H16ClNO4/c21-17-12-16(11-15-5-8-26-19(15)17)13-1-3-14(4-2-13)18(23)20(24)22-6-9-25-10-7-22/h1-5,8,11-12H,6-7,9-10H2. The number of rotatable bonds is 3. The highest BCUT2D eigenvalue weighted by Crippen LogP contribution is 2.31. The zero-order valence-corrected chi connectivity index (χ0v) is 14.7. The van der Waals surface area contributed by atoms with Crippen molar-refractivity contribution in [3.63, 3.8) is 0 Å². The van der Waals surface area contributed by atoms with Gasteiger partial charge in [-0.2, -0.15) is 0 Å². The highest BCUT2D eigenvalue weighted by Gasteiger charge is 2.24. The van der Waals surface area contributed by atoms with Crippen LogP contribution in [-0.2, 0) is 9.53 Å². The third kappa shape index (κ3) is 3.11. The Kier molecular flexibility index (Phi) is 4.49. The summed E-state index contributed by atoms with van der Waals surface area (Å²) in [7, 11) is 0. The Morgan fingerprint density at radius 1 is 0.962 bits per heavy atom. The fourth-order valence-corrected chi connectivity index (χ4v) is 3.32. The van der Waals surface area contributed by atoms with Crippen molar-refractivity contribution in [1.82, 2.24) is 4.90 Å². The molecule has 1 saturated heterocycles. The molecular weight excluding hydrogens is 354 g/mol. The zero-order valence-electron chi connectivity index (χ0n) is 13.9. The van der Waals surface area contributed by atoms with E-state index in [1.54, 1.807) is 18.4 Å². The normalized spacial score (nSPS) is 14.6. The van der Waals surface area contributed by atoms with E-state index >= 15 is 0 Å². The van der Waals surface area contributed by atoms with Crippen molar-refractivity contribution in [2.24, 2.45) is 0 Å². The molecule has 0 unspecified atom stereocenters. The molecule has 1 amide bonds. The number of halogens is 1. The maximum Gasteiger partial charge on any atom is 0.295 e. The average molecular weight is 370 g/mol. The van der Waals surface area contributed by atoms with Crippen LogP contribution in [-0.4, -0.2) is 42.9 Å². The van der Waals surface area contributed by atoms with E-state index in [2.05, 4.69) is 0 Å². The molecule has 1 fully saturated rings. The Morgan fingerprint density at radius 2 is 1.69 bits per heavy atom. The van der Waals surface area contributed by atoms with Crippen LogP contribution in [0.2, 0.25) is 5.02 Å². The average Bonchev–Trinajstić information content (AvgIpc) is 3.17. The van der Waals surface area contributed by atoms with Crippen LogP contribution in [0.1, 0.15) is 10.4 Å². The lowest BCUT2D eigenvalue weighted by Crippen LogP contribution is -2.44. The van der Waals surface area contributed by atoms with Gasteiger partial charge in [-0.3, -0.25) is 9.59 Å². The summed E-state index contributed by atoms with van der Waals surface area (Å²) in [5.41, 5.74) is 2.85. The number of morpholine rings is 1. The third-order valence-corrected chi connectivity index (χ3v) is 4.76. The van der Waals surface area contributed by atoms with Gasteiger partial charge in [0.2, 0.25) is 5.78 Å². The molecule has 132 valence electrons. The molecule has 5 nitrogen and oxygen atoms in total. The van der Waals surface area contributed by atoms with Gasteiger partial charge in [-0.05, 0) is 29.3 Å². The fraction of sp³-hybridized carbons (Fsp3) is 0.200. The highest BCUT2D eigenvalue weighted by atomic mass is 35.5. The van der Waals surface area contributed by atoms with Crippen molar-refractivity contribution < 1.29 is 18.7 Å². The van der Waals surface area contributed by atoms with E-state index in [0.717, 1.165) is 16.5 Å². The summed E-state index contributed by atoms with van der Waals surface area (Å²) in [5, 5.41) is 1.44. The summed E-state index contributed by atoms with van der Waals surface area (Å²) < 4.78 is 10.6. The summed E-state index contributed by atoms with van der Waals surface area (Å²) in [6.07, 6.45) is 1.60. The van der Waals surface area contributed by atoms with Crippen LogP contribution in [0.5, 0.6) is 0 Å². The molecule has 0 radical (unpaired) electrons. The van der Waals surface area contributed by atoms with Crippen LogP contribution in [0.4, 0.5) is 0 Å². The van der Waals surface area contributed by atoms with Gasteiger partial charge >= 0.3 is 0 Å². The van der Waals surface area contributed by atoms with Gasteiger partial charge in [0.15, 0.2) is 5.58 Å². The van der Waals surface area contributed by atoms with E-state index in [-0.39, 0.29) is 0 Å². The van der Waals surface area contributed by atoms with Crippen molar-refractivity contribution >= 4 is 34.3 Å². The number of hydrogen-bond acceptors (Lipinski definition) is 4. The smallest absolute Gasteiger partial charge is 0.295 e. The minimum atomic E-state index is -0.498. The second-order valence-electron chi connectivity index (χ2n) is 6.11. The molecule has 1 aliphatic heterocycles. The maximum absolute atomic E-state index is 12.4.